The number of fused-ring (bicyclic) bond motifs is 1. The van der Waals surface area contributed by atoms with E-state index in [2.05, 4.69) is 10.6 Å². The van der Waals surface area contributed by atoms with Gasteiger partial charge in [0.1, 0.15) is 6.54 Å². The van der Waals surface area contributed by atoms with Crippen LogP contribution < -0.4 is 15.5 Å². The van der Waals surface area contributed by atoms with E-state index in [1.807, 2.05) is 12.1 Å². The minimum absolute atomic E-state index is 0.0114. The Hall–Kier alpha value is -3.15. The number of benzene rings is 2. The van der Waals surface area contributed by atoms with Crippen LogP contribution in [0.15, 0.2) is 54.6 Å². The number of amides is 3. The molecule has 6 nitrogen and oxygen atoms in total. The number of carbonyl (C=O) groups is 3. The third-order valence-corrected chi connectivity index (χ3v) is 3.73. The zero-order valence-corrected chi connectivity index (χ0v) is 13.0. The molecular weight excluding hydrogens is 306 g/mol. The van der Waals surface area contributed by atoms with Gasteiger partial charge in [0.05, 0.1) is 11.4 Å². The number of nitrogens with zero attached hydrogens (tertiary/aromatic N) is 1. The zero-order chi connectivity index (χ0) is 16.9. The zero-order valence-electron chi connectivity index (χ0n) is 13.0. The Morgan fingerprint density at radius 3 is 2.54 bits per heavy atom. The fourth-order valence-electron chi connectivity index (χ4n) is 2.57. The highest BCUT2D eigenvalue weighted by molar-refractivity contribution is 6.10. The maximum atomic E-state index is 12.4. The number of hydrogen-bond donors (Lipinski definition) is 2. The summed E-state index contributed by atoms with van der Waals surface area (Å²) in [6.45, 7) is 0.204. The summed E-state index contributed by atoms with van der Waals surface area (Å²) in [5, 5.41) is 5.46. The quantitative estimate of drug-likeness (QED) is 0.900. The highest BCUT2D eigenvalue weighted by Crippen LogP contribution is 2.29. The average Bonchev–Trinajstić information content (AvgIpc) is 2.61. The summed E-state index contributed by atoms with van der Waals surface area (Å²) in [7, 11) is 0. The molecule has 0 unspecified atom stereocenters. The predicted octanol–water partition coefficient (Wildman–Crippen LogP) is 1.79. The first-order valence-corrected chi connectivity index (χ1v) is 7.67. The molecule has 2 N–H and O–H groups in total. The van der Waals surface area contributed by atoms with Crippen LogP contribution in [0.4, 0.5) is 11.4 Å². The molecule has 0 radical (unpaired) electrons. The number of carbonyl (C=O) groups excluding carboxylic acids is 3. The van der Waals surface area contributed by atoms with E-state index in [4.69, 9.17) is 0 Å². The van der Waals surface area contributed by atoms with Crippen LogP contribution in [-0.2, 0) is 9.59 Å². The van der Waals surface area contributed by atoms with Crippen LogP contribution in [0.5, 0.6) is 0 Å². The van der Waals surface area contributed by atoms with E-state index in [-0.39, 0.29) is 37.2 Å². The molecule has 3 amide bonds. The van der Waals surface area contributed by atoms with Crippen molar-refractivity contribution in [3.05, 3.63) is 60.2 Å². The molecule has 1 aliphatic rings. The highest BCUT2D eigenvalue weighted by atomic mass is 16.2. The second-order valence-corrected chi connectivity index (χ2v) is 5.42. The van der Waals surface area contributed by atoms with E-state index >= 15 is 0 Å². The fourth-order valence-corrected chi connectivity index (χ4v) is 2.57. The lowest BCUT2D eigenvalue weighted by atomic mass is 10.1. The molecular formula is C18H17N3O3. The Morgan fingerprint density at radius 1 is 1.04 bits per heavy atom. The Bertz CT molecular complexity index is 774. The Morgan fingerprint density at radius 2 is 1.75 bits per heavy atom. The van der Waals surface area contributed by atoms with Gasteiger partial charge in [-0.25, -0.2) is 0 Å². The summed E-state index contributed by atoms with van der Waals surface area (Å²) in [6, 6.07) is 16.0. The molecule has 122 valence electrons. The van der Waals surface area contributed by atoms with Gasteiger partial charge in [-0.2, -0.15) is 0 Å². The van der Waals surface area contributed by atoms with Gasteiger partial charge >= 0.3 is 0 Å². The molecule has 2 aromatic carbocycles. The molecule has 0 aromatic heterocycles. The van der Waals surface area contributed by atoms with Crippen molar-refractivity contribution >= 4 is 29.1 Å². The van der Waals surface area contributed by atoms with Crippen molar-refractivity contribution in [1.29, 1.82) is 0 Å². The van der Waals surface area contributed by atoms with Gasteiger partial charge in [-0.05, 0) is 24.3 Å². The van der Waals surface area contributed by atoms with Crippen LogP contribution in [0, 0.1) is 0 Å². The molecule has 0 fully saturated rings. The summed E-state index contributed by atoms with van der Waals surface area (Å²) in [6.07, 6.45) is 0.125. The van der Waals surface area contributed by atoms with Gasteiger partial charge in [-0.3, -0.25) is 14.4 Å². The van der Waals surface area contributed by atoms with Gasteiger partial charge in [-0.1, -0.05) is 30.3 Å². The molecule has 2 aromatic rings. The Balaban J connectivity index is 1.60. The molecule has 0 bridgehead atoms. The van der Waals surface area contributed by atoms with E-state index in [0.29, 0.717) is 16.9 Å². The van der Waals surface area contributed by atoms with E-state index < -0.39 is 0 Å². The third-order valence-electron chi connectivity index (χ3n) is 3.73. The number of rotatable bonds is 4. The van der Waals surface area contributed by atoms with Gasteiger partial charge in [0.15, 0.2) is 0 Å². The lowest BCUT2D eigenvalue weighted by molar-refractivity contribution is -0.121. The van der Waals surface area contributed by atoms with Crippen LogP contribution in [0.3, 0.4) is 0 Å². The first-order chi connectivity index (χ1) is 11.6. The van der Waals surface area contributed by atoms with Crippen molar-refractivity contribution < 1.29 is 14.4 Å². The minimum atomic E-state index is -0.227. The summed E-state index contributed by atoms with van der Waals surface area (Å²) in [5.41, 5.74) is 1.85. The first-order valence-electron chi connectivity index (χ1n) is 7.67. The second-order valence-electron chi connectivity index (χ2n) is 5.42. The van der Waals surface area contributed by atoms with E-state index in [1.165, 1.54) is 4.90 Å². The number of hydrogen-bond acceptors (Lipinski definition) is 3. The molecule has 1 heterocycles. The summed E-state index contributed by atoms with van der Waals surface area (Å²) < 4.78 is 0. The van der Waals surface area contributed by atoms with E-state index in [1.54, 1.807) is 42.5 Å². The number of para-hydroxylation sites is 2. The van der Waals surface area contributed by atoms with Crippen LogP contribution in [0.2, 0.25) is 0 Å². The molecule has 3 rings (SSSR count). The smallest absolute Gasteiger partial charge is 0.251 e. The predicted molar refractivity (Wildman–Crippen MR) is 90.8 cm³/mol. The normalized spacial score (nSPS) is 13.0. The lowest BCUT2D eigenvalue weighted by Crippen LogP contribution is -2.43. The lowest BCUT2D eigenvalue weighted by Gasteiger charge is -2.29. The molecule has 6 heteroatoms. The van der Waals surface area contributed by atoms with Crippen molar-refractivity contribution in [3.8, 4) is 0 Å². The van der Waals surface area contributed by atoms with Crippen LogP contribution in [0.25, 0.3) is 0 Å². The monoisotopic (exact) mass is 323 g/mol. The van der Waals surface area contributed by atoms with Gasteiger partial charge in [-0.15, -0.1) is 0 Å². The van der Waals surface area contributed by atoms with Crippen LogP contribution in [-0.4, -0.2) is 30.8 Å². The van der Waals surface area contributed by atoms with E-state index in [9.17, 15) is 14.4 Å². The number of nitrogens with one attached hydrogen (secondary N) is 2. The molecule has 24 heavy (non-hydrogen) atoms. The first kappa shape index (κ1) is 15.7. The van der Waals surface area contributed by atoms with Gasteiger partial charge < -0.3 is 15.5 Å². The minimum Gasteiger partial charge on any atom is -0.352 e. The molecule has 0 saturated heterocycles. The molecule has 0 aliphatic carbocycles. The van der Waals surface area contributed by atoms with Crippen LogP contribution >= 0.6 is 0 Å². The molecule has 0 atom stereocenters. The Labute approximate surface area is 139 Å². The summed E-state index contributed by atoms with van der Waals surface area (Å²) >= 11 is 0. The van der Waals surface area contributed by atoms with Gasteiger partial charge in [0, 0.05) is 18.5 Å². The molecule has 0 saturated carbocycles. The highest BCUT2D eigenvalue weighted by Gasteiger charge is 2.26. The Kier molecular flexibility index (Phi) is 4.56. The van der Waals surface area contributed by atoms with E-state index in [0.717, 1.165) is 0 Å². The molecule has 0 spiro atoms. The largest absolute Gasteiger partial charge is 0.352 e. The van der Waals surface area contributed by atoms with Crippen molar-refractivity contribution in [2.24, 2.45) is 0 Å². The topological polar surface area (TPSA) is 78.5 Å². The maximum absolute atomic E-state index is 12.4. The summed E-state index contributed by atoms with van der Waals surface area (Å²) in [4.78, 5) is 37.6. The number of anilines is 2. The van der Waals surface area contributed by atoms with Gasteiger partial charge in [0.25, 0.3) is 5.91 Å². The fraction of sp³-hybridized carbons (Fsp3) is 0.167. The van der Waals surface area contributed by atoms with Crippen LogP contribution in [0.1, 0.15) is 16.8 Å². The molecule has 1 aliphatic heterocycles. The van der Waals surface area contributed by atoms with Crippen molar-refractivity contribution in [2.45, 2.75) is 6.42 Å². The SMILES string of the molecule is O=C1CN(C(=O)CCNC(=O)c2ccccc2)c2ccccc2N1. The maximum Gasteiger partial charge on any atom is 0.251 e. The standard InChI is InChI=1S/C18H17N3O3/c22-16-12-21(15-9-5-4-8-14(15)20-16)17(23)10-11-19-18(24)13-6-2-1-3-7-13/h1-9H,10-12H2,(H,19,24)(H,20,22). The summed E-state index contributed by atoms with van der Waals surface area (Å²) in [5.74, 6) is -0.652. The van der Waals surface area contributed by atoms with Gasteiger partial charge in [0.2, 0.25) is 11.8 Å². The van der Waals surface area contributed by atoms with Crippen molar-refractivity contribution in [3.63, 3.8) is 0 Å². The van der Waals surface area contributed by atoms with Crippen molar-refractivity contribution in [2.75, 3.05) is 23.3 Å². The average molecular weight is 323 g/mol. The third kappa shape index (κ3) is 3.43. The second kappa shape index (κ2) is 6.95. The van der Waals surface area contributed by atoms with Crippen molar-refractivity contribution in [1.82, 2.24) is 5.32 Å².